The van der Waals surface area contributed by atoms with Crippen molar-refractivity contribution in [3.8, 4) is 5.75 Å². The fourth-order valence-electron chi connectivity index (χ4n) is 3.80. The highest BCUT2D eigenvalue weighted by Crippen LogP contribution is 2.26. The second-order valence-corrected chi connectivity index (χ2v) is 11.5. The van der Waals surface area contributed by atoms with Crippen molar-refractivity contribution in [1.29, 1.82) is 0 Å². The van der Waals surface area contributed by atoms with Crippen molar-refractivity contribution >= 4 is 41.7 Å². The molecule has 0 aliphatic heterocycles. The summed E-state index contributed by atoms with van der Waals surface area (Å²) < 4.78 is 37.2. The first-order valence-electron chi connectivity index (χ1n) is 12.8. The molecule has 1 amide bonds. The Morgan fingerprint density at radius 2 is 1.75 bits per heavy atom. The van der Waals surface area contributed by atoms with E-state index in [-0.39, 0.29) is 25.4 Å². The summed E-state index contributed by atoms with van der Waals surface area (Å²) in [6.45, 7) is 12.7. The SMILES string of the molecule is Cc1nn(C(=O)OC(C)(C)C)c2cc(OCCN(C[C@H](OS)c3ccc(F)c(N)c3)C(=O)OC(C)(C)C)ccc12. The summed E-state index contributed by atoms with van der Waals surface area (Å²) in [5.41, 5.74) is 5.99. The molecule has 1 atom stereocenters. The number of nitrogens with two attached hydrogens (primary N) is 1. The number of nitrogens with zero attached hydrogens (tertiary/aromatic N) is 3. The molecule has 10 nitrogen and oxygen atoms in total. The predicted molar refractivity (Wildman–Crippen MR) is 153 cm³/mol. The molecule has 0 radical (unpaired) electrons. The van der Waals surface area contributed by atoms with Crippen molar-refractivity contribution in [3.63, 3.8) is 0 Å². The fraction of sp³-hybridized carbons (Fsp3) is 0.464. The van der Waals surface area contributed by atoms with Crippen molar-refractivity contribution in [3.05, 3.63) is 53.5 Å². The zero-order valence-electron chi connectivity index (χ0n) is 23.9. The van der Waals surface area contributed by atoms with Crippen LogP contribution in [0, 0.1) is 12.7 Å². The maximum absolute atomic E-state index is 13.7. The summed E-state index contributed by atoms with van der Waals surface area (Å²) in [5, 5.41) is 5.11. The van der Waals surface area contributed by atoms with Crippen LogP contribution in [0.25, 0.3) is 10.9 Å². The average Bonchev–Trinajstić information content (AvgIpc) is 3.17. The first-order valence-corrected chi connectivity index (χ1v) is 13.1. The monoisotopic (exact) mass is 576 g/mol. The average molecular weight is 577 g/mol. The minimum atomic E-state index is -0.739. The van der Waals surface area contributed by atoms with E-state index >= 15 is 0 Å². The molecule has 0 unspecified atom stereocenters. The van der Waals surface area contributed by atoms with E-state index < -0.39 is 35.3 Å². The van der Waals surface area contributed by atoms with Gasteiger partial charge in [-0.2, -0.15) is 9.78 Å². The Morgan fingerprint density at radius 3 is 2.35 bits per heavy atom. The number of hydrogen-bond donors (Lipinski definition) is 2. The van der Waals surface area contributed by atoms with Gasteiger partial charge in [0.05, 0.1) is 30.0 Å². The third kappa shape index (κ3) is 8.25. The van der Waals surface area contributed by atoms with E-state index in [9.17, 15) is 14.0 Å². The Balaban J connectivity index is 1.78. The van der Waals surface area contributed by atoms with Crippen molar-refractivity contribution in [2.24, 2.45) is 0 Å². The zero-order chi connectivity index (χ0) is 29.8. The lowest BCUT2D eigenvalue weighted by molar-refractivity contribution is 0.0155. The first kappa shape index (κ1) is 31.0. The Morgan fingerprint density at radius 1 is 1.07 bits per heavy atom. The van der Waals surface area contributed by atoms with Gasteiger partial charge in [0.1, 0.15) is 35.5 Å². The van der Waals surface area contributed by atoms with E-state index in [0.717, 1.165) is 5.39 Å². The molecule has 0 bridgehead atoms. The molecule has 3 aromatic rings. The van der Waals surface area contributed by atoms with Gasteiger partial charge in [-0.1, -0.05) is 6.07 Å². The fourth-order valence-corrected chi connectivity index (χ4v) is 3.99. The quantitative estimate of drug-likeness (QED) is 0.189. The highest BCUT2D eigenvalue weighted by atomic mass is 32.1. The van der Waals surface area contributed by atoms with E-state index in [1.807, 2.05) is 6.07 Å². The number of amides is 1. The van der Waals surface area contributed by atoms with Gasteiger partial charge in [0.25, 0.3) is 0 Å². The van der Waals surface area contributed by atoms with E-state index in [2.05, 4.69) is 18.0 Å². The molecule has 40 heavy (non-hydrogen) atoms. The normalized spacial score (nSPS) is 12.7. The van der Waals surface area contributed by atoms with E-state index in [1.54, 1.807) is 60.6 Å². The number of carbonyl (C=O) groups excluding carboxylic acids is 2. The van der Waals surface area contributed by atoms with Crippen LogP contribution in [0.3, 0.4) is 0 Å². The molecule has 0 fully saturated rings. The van der Waals surface area contributed by atoms with Gasteiger partial charge in [0.15, 0.2) is 0 Å². The molecule has 1 heterocycles. The van der Waals surface area contributed by atoms with Crippen LogP contribution in [-0.2, 0) is 13.7 Å². The molecular formula is C28H37FN4O6S. The Bertz CT molecular complexity index is 1370. The van der Waals surface area contributed by atoms with E-state index in [4.69, 9.17) is 24.1 Å². The topological polar surface area (TPSA) is 118 Å². The lowest BCUT2D eigenvalue weighted by Gasteiger charge is -2.29. The number of aryl methyl sites for hydroxylation is 1. The number of aromatic nitrogens is 2. The van der Waals surface area contributed by atoms with Gasteiger partial charge in [-0.15, -0.1) is 0 Å². The van der Waals surface area contributed by atoms with E-state index in [1.165, 1.54) is 27.8 Å². The Kier molecular flexibility index (Phi) is 9.57. The van der Waals surface area contributed by atoms with Gasteiger partial charge in [-0.25, -0.2) is 14.0 Å². The van der Waals surface area contributed by atoms with Crippen molar-refractivity contribution in [1.82, 2.24) is 14.7 Å². The predicted octanol–water partition coefficient (Wildman–Crippen LogP) is 6.07. The Hall–Kier alpha value is -3.51. The summed E-state index contributed by atoms with van der Waals surface area (Å²) in [6.07, 6.45) is -1.91. The van der Waals surface area contributed by atoms with Gasteiger partial charge in [0, 0.05) is 11.5 Å². The van der Waals surface area contributed by atoms with Gasteiger partial charge in [-0.05, 0) is 91.2 Å². The number of hydrogen-bond acceptors (Lipinski definition) is 9. The smallest absolute Gasteiger partial charge is 0.435 e. The number of anilines is 1. The van der Waals surface area contributed by atoms with Crippen LogP contribution >= 0.6 is 12.9 Å². The first-order chi connectivity index (χ1) is 18.6. The Labute approximate surface area is 239 Å². The molecule has 1 aromatic heterocycles. The molecule has 2 aromatic carbocycles. The number of carbonyl (C=O) groups is 2. The molecule has 0 aliphatic rings. The van der Waals surface area contributed by atoms with Crippen LogP contribution in [0.5, 0.6) is 5.75 Å². The molecule has 0 saturated heterocycles. The van der Waals surface area contributed by atoms with Gasteiger partial charge in [-0.3, -0.25) is 0 Å². The number of benzene rings is 2. The number of thiol groups is 1. The zero-order valence-corrected chi connectivity index (χ0v) is 24.8. The summed E-state index contributed by atoms with van der Waals surface area (Å²) in [5.74, 6) is -0.0890. The summed E-state index contributed by atoms with van der Waals surface area (Å²) in [7, 11) is 0. The van der Waals surface area contributed by atoms with Crippen molar-refractivity contribution in [2.75, 3.05) is 25.4 Å². The number of halogens is 1. The lowest BCUT2D eigenvalue weighted by atomic mass is 10.1. The summed E-state index contributed by atoms with van der Waals surface area (Å²) >= 11 is 3.96. The second kappa shape index (κ2) is 12.3. The molecular weight excluding hydrogens is 539 g/mol. The second-order valence-electron chi connectivity index (χ2n) is 11.3. The maximum atomic E-state index is 13.7. The number of ether oxygens (including phenoxy) is 3. The van der Waals surface area contributed by atoms with Gasteiger partial charge < -0.3 is 29.0 Å². The van der Waals surface area contributed by atoms with Crippen LogP contribution in [-0.4, -0.2) is 57.8 Å². The van der Waals surface area contributed by atoms with Gasteiger partial charge in [0.2, 0.25) is 0 Å². The molecule has 0 saturated carbocycles. The molecule has 0 aliphatic carbocycles. The highest BCUT2D eigenvalue weighted by molar-refractivity contribution is 7.75. The number of rotatable bonds is 8. The third-order valence-corrected chi connectivity index (χ3v) is 5.85. The molecule has 0 spiro atoms. The summed E-state index contributed by atoms with van der Waals surface area (Å²) in [6, 6.07) is 9.44. The number of fused-ring (bicyclic) bond motifs is 1. The van der Waals surface area contributed by atoms with Crippen molar-refractivity contribution in [2.45, 2.75) is 65.8 Å². The lowest BCUT2D eigenvalue weighted by Crippen LogP contribution is -2.41. The molecule has 2 N–H and O–H groups in total. The standard InChI is InChI=1S/C28H37FN4O6S/c1-17-20-10-9-19(15-23(20)33(31-17)26(35)38-28(5,6)7)36-13-12-32(25(34)37-27(2,3)4)16-24(39-40)18-8-11-21(29)22(30)14-18/h8-11,14-15,24,40H,12-13,16,30H2,1-7H3/t24-/m0/s1. The molecule has 12 heteroatoms. The highest BCUT2D eigenvalue weighted by Gasteiger charge is 2.26. The summed E-state index contributed by atoms with van der Waals surface area (Å²) in [4.78, 5) is 27.2. The van der Waals surface area contributed by atoms with Gasteiger partial charge >= 0.3 is 12.2 Å². The van der Waals surface area contributed by atoms with E-state index in [0.29, 0.717) is 22.5 Å². The number of nitrogen functional groups attached to an aromatic ring is 1. The van der Waals surface area contributed by atoms with Crippen LogP contribution in [0.15, 0.2) is 36.4 Å². The maximum Gasteiger partial charge on any atom is 0.435 e. The minimum absolute atomic E-state index is 0.0382. The van der Waals surface area contributed by atoms with Crippen LogP contribution in [0.2, 0.25) is 0 Å². The third-order valence-electron chi connectivity index (χ3n) is 5.59. The van der Waals surface area contributed by atoms with Crippen LogP contribution in [0.1, 0.15) is 58.9 Å². The largest absolute Gasteiger partial charge is 0.492 e. The molecule has 218 valence electrons. The molecule has 3 rings (SSSR count). The van der Waals surface area contributed by atoms with Crippen molar-refractivity contribution < 1.29 is 32.4 Å². The van der Waals surface area contributed by atoms with Crippen LogP contribution < -0.4 is 10.5 Å². The minimum Gasteiger partial charge on any atom is -0.492 e. The van der Waals surface area contributed by atoms with Crippen LogP contribution in [0.4, 0.5) is 19.7 Å².